The monoisotopic (exact) mass is 464 g/mol. The Bertz CT molecular complexity index is 1000. The Hall–Kier alpha value is -2.87. The van der Waals surface area contributed by atoms with Gasteiger partial charge in [-0.2, -0.15) is 13.2 Å². The number of pyridine rings is 2. The number of nitrogens with zero attached hydrogens (tertiary/aromatic N) is 2. The van der Waals surface area contributed by atoms with Gasteiger partial charge in [-0.1, -0.05) is 12.1 Å². The summed E-state index contributed by atoms with van der Waals surface area (Å²) in [7, 11) is 0. The number of carbonyl (C=O) groups is 2. The molecule has 0 bridgehead atoms. The first-order valence-electron chi connectivity index (χ1n) is 8.35. The third kappa shape index (κ3) is 6.60. The highest BCUT2D eigenvalue weighted by molar-refractivity contribution is 9.10. The number of Topliss-reactive ketones (excluding diaryl/α,β-unsaturated/α-hetero) is 2. The average molecular weight is 465 g/mol. The van der Waals surface area contributed by atoms with Gasteiger partial charge >= 0.3 is 6.18 Å². The van der Waals surface area contributed by atoms with Gasteiger partial charge in [0.25, 0.3) is 0 Å². The maximum atomic E-state index is 12.6. The van der Waals surface area contributed by atoms with Gasteiger partial charge in [0.1, 0.15) is 4.60 Å². The number of aromatic nitrogens is 2. The van der Waals surface area contributed by atoms with Crippen molar-refractivity contribution in [2.45, 2.75) is 20.0 Å². The number of carbonyl (C=O) groups excluding carboxylic acids is 2. The molecule has 150 valence electrons. The van der Waals surface area contributed by atoms with E-state index in [9.17, 15) is 22.8 Å². The van der Waals surface area contributed by atoms with Gasteiger partial charge < -0.3 is 0 Å². The average Bonchev–Trinajstić information content (AvgIpc) is 2.68. The van der Waals surface area contributed by atoms with Crippen LogP contribution in [0.4, 0.5) is 13.2 Å². The van der Waals surface area contributed by atoms with Crippen LogP contribution in [-0.2, 0) is 6.18 Å². The van der Waals surface area contributed by atoms with E-state index in [4.69, 9.17) is 0 Å². The van der Waals surface area contributed by atoms with Gasteiger partial charge in [0.05, 0.1) is 11.3 Å². The Balaban J connectivity index is 0.000000253. The van der Waals surface area contributed by atoms with Crippen molar-refractivity contribution in [1.82, 2.24) is 9.97 Å². The molecular formula is C21H16BrF3N2O2. The molecular weight excluding hydrogens is 449 g/mol. The number of hydrogen-bond acceptors (Lipinski definition) is 4. The molecule has 0 unspecified atom stereocenters. The third-order valence-corrected chi connectivity index (χ3v) is 4.26. The lowest BCUT2D eigenvalue weighted by Gasteiger charge is -2.08. The van der Waals surface area contributed by atoms with Crippen LogP contribution in [0.15, 0.2) is 65.5 Å². The summed E-state index contributed by atoms with van der Waals surface area (Å²) in [5.41, 5.74) is 1.11. The lowest BCUT2D eigenvalue weighted by atomic mass is 10.1. The molecule has 1 aromatic carbocycles. The van der Waals surface area contributed by atoms with Crippen LogP contribution in [0.2, 0.25) is 0 Å². The largest absolute Gasteiger partial charge is 0.416 e. The van der Waals surface area contributed by atoms with E-state index >= 15 is 0 Å². The minimum Gasteiger partial charge on any atom is -0.294 e. The SMILES string of the molecule is CC(=O)c1ccc(-c2cccc(C(F)(F)F)c2)nc1.CC(=O)c1ccc(Br)nc1. The van der Waals surface area contributed by atoms with Crippen molar-refractivity contribution >= 4 is 27.5 Å². The molecule has 3 aromatic rings. The molecule has 29 heavy (non-hydrogen) atoms. The quantitative estimate of drug-likeness (QED) is 0.351. The zero-order valence-electron chi connectivity index (χ0n) is 15.5. The Kier molecular flexibility index (Phi) is 7.39. The minimum absolute atomic E-state index is 0.0417. The van der Waals surface area contributed by atoms with Crippen LogP contribution in [0.25, 0.3) is 11.3 Å². The molecule has 0 saturated heterocycles. The van der Waals surface area contributed by atoms with E-state index in [2.05, 4.69) is 25.9 Å². The van der Waals surface area contributed by atoms with Crippen LogP contribution in [0.3, 0.4) is 0 Å². The molecule has 3 rings (SSSR count). The molecule has 0 radical (unpaired) electrons. The first kappa shape index (κ1) is 22.4. The number of halogens is 4. The molecule has 0 spiro atoms. The second-order valence-electron chi connectivity index (χ2n) is 5.99. The van der Waals surface area contributed by atoms with Crippen molar-refractivity contribution in [1.29, 1.82) is 0 Å². The fraction of sp³-hybridized carbons (Fsp3) is 0.143. The highest BCUT2D eigenvalue weighted by Gasteiger charge is 2.30. The standard InChI is InChI=1S/C14H10F3NO.C7H6BrNO/c1-9(19)11-5-6-13(18-8-11)10-3-2-4-12(7-10)14(15,16)17;1-5(10)6-2-3-7(8)9-4-6/h2-8H,1H3;2-4H,1H3. The summed E-state index contributed by atoms with van der Waals surface area (Å²) in [5, 5.41) is 0. The van der Waals surface area contributed by atoms with Crippen molar-refractivity contribution in [3.05, 3.63) is 82.2 Å². The van der Waals surface area contributed by atoms with Gasteiger partial charge in [0.15, 0.2) is 11.6 Å². The number of ketones is 2. The summed E-state index contributed by atoms with van der Waals surface area (Å²) in [5.74, 6) is -0.0944. The maximum Gasteiger partial charge on any atom is 0.416 e. The zero-order chi connectivity index (χ0) is 21.6. The topological polar surface area (TPSA) is 59.9 Å². The summed E-state index contributed by atoms with van der Waals surface area (Å²) >= 11 is 3.17. The summed E-state index contributed by atoms with van der Waals surface area (Å²) in [6, 6.07) is 11.5. The number of rotatable bonds is 3. The predicted molar refractivity (Wildman–Crippen MR) is 107 cm³/mol. The fourth-order valence-electron chi connectivity index (χ4n) is 2.21. The maximum absolute atomic E-state index is 12.6. The summed E-state index contributed by atoms with van der Waals surface area (Å²) in [6.07, 6.45) is -1.47. The minimum atomic E-state index is -4.38. The van der Waals surface area contributed by atoms with E-state index in [1.807, 2.05) is 0 Å². The molecule has 2 aromatic heterocycles. The molecule has 0 N–H and O–H groups in total. The van der Waals surface area contributed by atoms with E-state index in [0.29, 0.717) is 22.4 Å². The molecule has 0 aliphatic carbocycles. The number of alkyl halides is 3. The summed E-state index contributed by atoms with van der Waals surface area (Å²) in [4.78, 5) is 29.7. The van der Waals surface area contributed by atoms with E-state index < -0.39 is 11.7 Å². The lowest BCUT2D eigenvalue weighted by molar-refractivity contribution is -0.137. The third-order valence-electron chi connectivity index (χ3n) is 3.79. The molecule has 0 fully saturated rings. The molecule has 0 aliphatic rings. The van der Waals surface area contributed by atoms with E-state index in [1.54, 1.807) is 30.5 Å². The highest BCUT2D eigenvalue weighted by atomic mass is 79.9. The Morgan fingerprint density at radius 1 is 0.862 bits per heavy atom. The molecule has 0 atom stereocenters. The van der Waals surface area contributed by atoms with Gasteiger partial charge in [-0.15, -0.1) is 0 Å². The van der Waals surface area contributed by atoms with E-state index in [1.165, 1.54) is 32.2 Å². The van der Waals surface area contributed by atoms with Crippen LogP contribution in [0, 0.1) is 0 Å². The second-order valence-corrected chi connectivity index (χ2v) is 6.81. The number of benzene rings is 1. The normalized spacial score (nSPS) is 10.7. The molecule has 0 saturated carbocycles. The smallest absolute Gasteiger partial charge is 0.294 e. The molecule has 0 amide bonds. The van der Waals surface area contributed by atoms with E-state index in [-0.39, 0.29) is 11.6 Å². The van der Waals surface area contributed by atoms with Crippen LogP contribution >= 0.6 is 15.9 Å². The van der Waals surface area contributed by atoms with Crippen molar-refractivity contribution in [3.63, 3.8) is 0 Å². The highest BCUT2D eigenvalue weighted by Crippen LogP contribution is 2.31. The molecule has 0 aliphatic heterocycles. The van der Waals surface area contributed by atoms with Crippen molar-refractivity contribution < 1.29 is 22.8 Å². The second kappa shape index (κ2) is 9.56. The van der Waals surface area contributed by atoms with Crippen LogP contribution in [0.1, 0.15) is 40.1 Å². The predicted octanol–water partition coefficient (Wildman–Crippen LogP) is 6.02. The zero-order valence-corrected chi connectivity index (χ0v) is 17.1. The van der Waals surface area contributed by atoms with Crippen molar-refractivity contribution in [2.75, 3.05) is 0 Å². The molecule has 2 heterocycles. The van der Waals surface area contributed by atoms with E-state index in [0.717, 1.165) is 16.7 Å². The van der Waals surface area contributed by atoms with Crippen molar-refractivity contribution in [2.24, 2.45) is 0 Å². The van der Waals surface area contributed by atoms with Crippen LogP contribution in [-0.4, -0.2) is 21.5 Å². The molecule has 8 heteroatoms. The first-order valence-corrected chi connectivity index (χ1v) is 9.14. The van der Waals surface area contributed by atoms with Gasteiger partial charge in [0.2, 0.25) is 0 Å². The van der Waals surface area contributed by atoms with Crippen LogP contribution in [0.5, 0.6) is 0 Å². The Morgan fingerprint density at radius 3 is 1.90 bits per heavy atom. The van der Waals surface area contributed by atoms with Gasteiger partial charge in [-0.3, -0.25) is 14.6 Å². The van der Waals surface area contributed by atoms with Gasteiger partial charge in [-0.25, -0.2) is 4.98 Å². The number of hydrogen-bond donors (Lipinski definition) is 0. The molecule has 4 nitrogen and oxygen atoms in total. The lowest BCUT2D eigenvalue weighted by Crippen LogP contribution is -2.04. The Morgan fingerprint density at radius 2 is 1.45 bits per heavy atom. The summed E-state index contributed by atoms with van der Waals surface area (Å²) < 4.78 is 38.5. The Labute approximate surface area is 174 Å². The first-order chi connectivity index (χ1) is 13.6. The van der Waals surface area contributed by atoms with Crippen LogP contribution < -0.4 is 0 Å². The fourth-order valence-corrected chi connectivity index (χ4v) is 2.45. The van der Waals surface area contributed by atoms with Gasteiger partial charge in [0, 0.05) is 29.1 Å². The summed E-state index contributed by atoms with van der Waals surface area (Å²) in [6.45, 7) is 2.92. The van der Waals surface area contributed by atoms with Gasteiger partial charge in [-0.05, 0) is 66.2 Å². The van der Waals surface area contributed by atoms with Crippen molar-refractivity contribution in [3.8, 4) is 11.3 Å².